The Morgan fingerprint density at radius 1 is 1.79 bits per heavy atom. The van der Waals surface area contributed by atoms with Crippen LogP contribution in [0.3, 0.4) is 0 Å². The first kappa shape index (κ1) is 10.7. The number of sulfonamides is 1. The molecule has 0 aliphatic carbocycles. The van der Waals surface area contributed by atoms with Crippen LogP contribution in [0.4, 0.5) is 0 Å². The number of aromatic nitrogens is 2. The molecular weight excluding hydrogens is 206 g/mol. The predicted molar refractivity (Wildman–Crippen MR) is 50.3 cm³/mol. The molecule has 4 N–H and O–H groups in total. The van der Waals surface area contributed by atoms with E-state index >= 15 is 0 Å². The first-order valence-corrected chi connectivity index (χ1v) is 5.17. The average Bonchev–Trinajstić information content (AvgIpc) is 2.54. The van der Waals surface area contributed by atoms with Gasteiger partial charge in [0.25, 0.3) is 10.0 Å². The van der Waals surface area contributed by atoms with E-state index in [4.69, 9.17) is 11.1 Å². The quantitative estimate of drug-likeness (QED) is 0.441. The summed E-state index contributed by atoms with van der Waals surface area (Å²) < 4.78 is 24.2. The van der Waals surface area contributed by atoms with Crippen molar-refractivity contribution in [2.45, 2.75) is 5.03 Å². The molecule has 0 saturated carbocycles. The Morgan fingerprint density at radius 3 is 2.86 bits per heavy atom. The predicted octanol–water partition coefficient (Wildman–Crippen LogP) is -1.03. The van der Waals surface area contributed by atoms with E-state index < -0.39 is 10.0 Å². The van der Waals surface area contributed by atoms with E-state index in [1.807, 2.05) is 0 Å². The molecule has 0 amide bonds. The number of likely N-dealkylation sites (N-methyl/N-ethyl adjacent to an activating group) is 1. The normalized spacial score (nSPS) is 11.9. The lowest BCUT2D eigenvalue weighted by molar-refractivity contribution is 0.500. The van der Waals surface area contributed by atoms with Gasteiger partial charge in [-0.25, -0.2) is 8.42 Å². The molecule has 7 nitrogen and oxygen atoms in total. The number of H-pyrrole nitrogens is 1. The maximum Gasteiger partial charge on any atom is 0.260 e. The van der Waals surface area contributed by atoms with Gasteiger partial charge in [0.05, 0.1) is 12.7 Å². The molecule has 14 heavy (non-hydrogen) atoms. The second-order valence-electron chi connectivity index (χ2n) is 2.71. The number of aromatic amines is 1. The summed E-state index contributed by atoms with van der Waals surface area (Å²) in [7, 11) is -2.25. The maximum absolute atomic E-state index is 11.6. The largest absolute Gasteiger partial charge is 0.387 e. The van der Waals surface area contributed by atoms with Gasteiger partial charge in [-0.1, -0.05) is 0 Å². The molecule has 0 aliphatic rings. The molecule has 1 aromatic heterocycles. The number of amidine groups is 1. The molecule has 0 saturated heterocycles. The SMILES string of the molecule is CN(CC(=N)N)S(=O)(=O)c1ccn[nH]1. The van der Waals surface area contributed by atoms with Crippen molar-refractivity contribution in [1.29, 1.82) is 5.41 Å². The van der Waals surface area contributed by atoms with E-state index in [-0.39, 0.29) is 17.4 Å². The van der Waals surface area contributed by atoms with Gasteiger partial charge in [0.15, 0.2) is 5.03 Å². The summed E-state index contributed by atoms with van der Waals surface area (Å²) >= 11 is 0. The van der Waals surface area contributed by atoms with Gasteiger partial charge in [-0.3, -0.25) is 10.5 Å². The summed E-state index contributed by atoms with van der Waals surface area (Å²) in [6.07, 6.45) is 1.34. The minimum Gasteiger partial charge on any atom is -0.387 e. The number of nitrogens with one attached hydrogen (secondary N) is 2. The van der Waals surface area contributed by atoms with Gasteiger partial charge in [0.1, 0.15) is 5.84 Å². The summed E-state index contributed by atoms with van der Waals surface area (Å²) in [4.78, 5) is 0. The van der Waals surface area contributed by atoms with Gasteiger partial charge in [-0.2, -0.15) is 9.40 Å². The van der Waals surface area contributed by atoms with Crippen molar-refractivity contribution in [1.82, 2.24) is 14.5 Å². The highest BCUT2D eigenvalue weighted by Crippen LogP contribution is 2.08. The lowest BCUT2D eigenvalue weighted by Gasteiger charge is -2.14. The number of rotatable bonds is 4. The lowest BCUT2D eigenvalue weighted by Crippen LogP contribution is -2.35. The molecule has 0 atom stereocenters. The van der Waals surface area contributed by atoms with Crippen molar-refractivity contribution in [3.05, 3.63) is 12.3 Å². The van der Waals surface area contributed by atoms with E-state index in [0.29, 0.717) is 0 Å². The zero-order valence-corrected chi connectivity index (χ0v) is 8.37. The molecule has 0 unspecified atom stereocenters. The summed E-state index contributed by atoms with van der Waals surface area (Å²) in [6, 6.07) is 1.34. The van der Waals surface area contributed by atoms with Crippen molar-refractivity contribution < 1.29 is 8.42 Å². The molecule has 0 radical (unpaired) electrons. The zero-order valence-electron chi connectivity index (χ0n) is 7.56. The minimum absolute atomic E-state index is 0.0127. The van der Waals surface area contributed by atoms with Crippen molar-refractivity contribution in [2.75, 3.05) is 13.6 Å². The van der Waals surface area contributed by atoms with Gasteiger partial charge in [0, 0.05) is 7.05 Å². The number of hydrogen-bond acceptors (Lipinski definition) is 4. The maximum atomic E-state index is 11.6. The first-order valence-electron chi connectivity index (χ1n) is 3.73. The van der Waals surface area contributed by atoms with Crippen LogP contribution in [-0.2, 0) is 10.0 Å². The Kier molecular flexibility index (Phi) is 2.87. The third-order valence-electron chi connectivity index (χ3n) is 1.56. The fourth-order valence-corrected chi connectivity index (χ4v) is 1.93. The second-order valence-corrected chi connectivity index (χ2v) is 4.72. The molecule has 0 fully saturated rings. The highest BCUT2D eigenvalue weighted by atomic mass is 32.2. The summed E-state index contributed by atoms with van der Waals surface area (Å²) in [6.45, 7) is -0.138. The van der Waals surface area contributed by atoms with E-state index in [9.17, 15) is 8.42 Å². The van der Waals surface area contributed by atoms with Gasteiger partial charge in [-0.15, -0.1) is 0 Å². The molecule has 0 spiro atoms. The van der Waals surface area contributed by atoms with Crippen molar-refractivity contribution in [2.24, 2.45) is 5.73 Å². The highest BCUT2D eigenvalue weighted by Gasteiger charge is 2.22. The Morgan fingerprint density at radius 2 is 2.43 bits per heavy atom. The smallest absolute Gasteiger partial charge is 0.260 e. The molecule has 0 aliphatic heterocycles. The molecule has 0 aromatic carbocycles. The molecule has 8 heteroatoms. The van der Waals surface area contributed by atoms with Crippen LogP contribution >= 0.6 is 0 Å². The van der Waals surface area contributed by atoms with Crippen LogP contribution in [0.25, 0.3) is 0 Å². The van der Waals surface area contributed by atoms with Crippen LogP contribution in [-0.4, -0.2) is 42.3 Å². The van der Waals surface area contributed by atoms with Gasteiger partial charge >= 0.3 is 0 Å². The number of nitrogens with zero attached hydrogens (tertiary/aromatic N) is 2. The molecule has 1 rings (SSSR count). The Hall–Kier alpha value is -1.41. The molecule has 78 valence electrons. The van der Waals surface area contributed by atoms with Crippen LogP contribution < -0.4 is 5.73 Å². The van der Waals surface area contributed by atoms with Crippen LogP contribution in [0.5, 0.6) is 0 Å². The lowest BCUT2D eigenvalue weighted by atomic mass is 10.6. The topological polar surface area (TPSA) is 116 Å². The van der Waals surface area contributed by atoms with E-state index in [1.54, 1.807) is 0 Å². The fourth-order valence-electron chi connectivity index (χ4n) is 0.880. The standard InChI is InChI=1S/C6H11N5O2S/c1-11(4-5(7)8)14(12,13)6-2-3-9-10-6/h2-3H,4H2,1H3,(H3,7,8)(H,9,10). The van der Waals surface area contributed by atoms with Crippen molar-refractivity contribution in [3.8, 4) is 0 Å². The molecule has 1 aromatic rings. The van der Waals surface area contributed by atoms with Crippen LogP contribution in [0.15, 0.2) is 17.3 Å². The Labute approximate surface area is 81.5 Å². The second kappa shape index (κ2) is 3.76. The summed E-state index contributed by atoms with van der Waals surface area (Å²) in [5.74, 6) is -0.212. The van der Waals surface area contributed by atoms with Crippen LogP contribution in [0.2, 0.25) is 0 Å². The average molecular weight is 217 g/mol. The van der Waals surface area contributed by atoms with E-state index in [2.05, 4.69) is 10.2 Å². The van der Waals surface area contributed by atoms with Crippen LogP contribution in [0, 0.1) is 5.41 Å². The monoisotopic (exact) mass is 217 g/mol. The Balaban J connectivity index is 2.92. The zero-order chi connectivity index (χ0) is 10.8. The van der Waals surface area contributed by atoms with Crippen molar-refractivity contribution >= 4 is 15.9 Å². The van der Waals surface area contributed by atoms with Gasteiger partial charge in [-0.05, 0) is 6.07 Å². The summed E-state index contributed by atoms with van der Waals surface area (Å²) in [5, 5.41) is 12.8. The third kappa shape index (κ3) is 2.09. The third-order valence-corrected chi connectivity index (χ3v) is 3.29. The molecule has 1 heterocycles. The van der Waals surface area contributed by atoms with Gasteiger partial charge < -0.3 is 5.73 Å². The van der Waals surface area contributed by atoms with Crippen molar-refractivity contribution in [3.63, 3.8) is 0 Å². The fraction of sp³-hybridized carbons (Fsp3) is 0.333. The minimum atomic E-state index is -3.60. The molecular formula is C6H11N5O2S. The highest BCUT2D eigenvalue weighted by molar-refractivity contribution is 7.89. The number of hydrogen-bond donors (Lipinski definition) is 3. The van der Waals surface area contributed by atoms with E-state index in [0.717, 1.165) is 4.31 Å². The Bertz CT molecular complexity index is 409. The van der Waals surface area contributed by atoms with Gasteiger partial charge in [0.2, 0.25) is 0 Å². The first-order chi connectivity index (χ1) is 6.44. The van der Waals surface area contributed by atoms with Crippen LogP contribution in [0.1, 0.15) is 0 Å². The number of nitrogens with two attached hydrogens (primary N) is 1. The van der Waals surface area contributed by atoms with E-state index in [1.165, 1.54) is 19.3 Å². The summed E-state index contributed by atoms with van der Waals surface area (Å²) in [5.41, 5.74) is 5.09. The molecule has 0 bridgehead atoms.